The van der Waals surface area contributed by atoms with Gasteiger partial charge in [0, 0.05) is 12.2 Å². The lowest BCUT2D eigenvalue weighted by atomic mass is 9.75. The van der Waals surface area contributed by atoms with Crippen molar-refractivity contribution >= 4 is 17.3 Å². The van der Waals surface area contributed by atoms with Crippen molar-refractivity contribution in [2.45, 2.75) is 56.3 Å². The Kier molecular flexibility index (Phi) is 6.36. The van der Waals surface area contributed by atoms with Crippen LogP contribution in [0.4, 0.5) is 24.5 Å². The first kappa shape index (κ1) is 25.1. The first-order chi connectivity index (χ1) is 17.6. The molecule has 0 N–H and O–H groups in total. The molecule has 10 heteroatoms. The zero-order chi connectivity index (χ0) is 26.4. The van der Waals surface area contributed by atoms with Crippen LogP contribution in [-0.2, 0) is 11.0 Å². The van der Waals surface area contributed by atoms with E-state index >= 15 is 0 Å². The number of ether oxygens (including phenoxy) is 1. The maximum atomic E-state index is 13.6. The highest BCUT2D eigenvalue weighted by Gasteiger charge is 2.59. The van der Waals surface area contributed by atoms with Gasteiger partial charge in [0.25, 0.3) is 5.91 Å². The van der Waals surface area contributed by atoms with Crippen molar-refractivity contribution in [2.24, 2.45) is 0 Å². The fourth-order valence-electron chi connectivity index (χ4n) is 5.45. The van der Waals surface area contributed by atoms with E-state index in [2.05, 4.69) is 23.5 Å². The minimum atomic E-state index is -4.78. The third-order valence-electron chi connectivity index (χ3n) is 7.57. The highest BCUT2D eigenvalue weighted by Crippen LogP contribution is 2.50. The number of nitrogens with zero attached hydrogens (tertiary/aromatic N) is 5. The second-order valence-corrected chi connectivity index (χ2v) is 9.94. The van der Waals surface area contributed by atoms with E-state index in [9.17, 15) is 18.0 Å². The molecule has 0 radical (unpaired) electrons. The lowest BCUT2D eigenvalue weighted by molar-refractivity contribution is -0.138. The maximum absolute atomic E-state index is 13.6. The van der Waals surface area contributed by atoms with Crippen LogP contribution in [0, 0.1) is 11.3 Å². The van der Waals surface area contributed by atoms with E-state index in [0.717, 1.165) is 56.8 Å². The number of nitriles is 1. The zero-order valence-corrected chi connectivity index (χ0v) is 20.6. The molecule has 1 unspecified atom stereocenters. The first-order valence-electron chi connectivity index (χ1n) is 12.4. The molecule has 0 bridgehead atoms. The molecule has 5 rings (SSSR count). The van der Waals surface area contributed by atoms with Crippen LogP contribution in [0.2, 0.25) is 0 Å². The molecule has 2 saturated heterocycles. The summed E-state index contributed by atoms with van der Waals surface area (Å²) in [4.78, 5) is 22.6. The smallest absolute Gasteiger partial charge is 0.419 e. The van der Waals surface area contributed by atoms with E-state index in [4.69, 9.17) is 10.00 Å². The third kappa shape index (κ3) is 4.42. The fraction of sp³-hybridized carbons (Fsp3) is 0.444. The molecule has 3 aliphatic rings. The van der Waals surface area contributed by atoms with Crippen LogP contribution in [-0.4, -0.2) is 47.6 Å². The van der Waals surface area contributed by atoms with Gasteiger partial charge in [-0.2, -0.15) is 18.4 Å². The predicted molar refractivity (Wildman–Crippen MR) is 132 cm³/mol. The summed E-state index contributed by atoms with van der Waals surface area (Å²) in [7, 11) is 2.11. The Morgan fingerprint density at radius 1 is 1.14 bits per heavy atom. The van der Waals surface area contributed by atoms with Crippen molar-refractivity contribution in [1.82, 2.24) is 9.88 Å². The Labute approximate surface area is 213 Å². The first-order valence-corrected chi connectivity index (χ1v) is 12.4. The Balaban J connectivity index is 1.42. The van der Waals surface area contributed by atoms with E-state index in [1.54, 1.807) is 0 Å². The summed E-state index contributed by atoms with van der Waals surface area (Å²) < 4.78 is 46.9. The maximum Gasteiger partial charge on any atom is 0.419 e. The molecule has 1 aromatic heterocycles. The molecule has 3 heterocycles. The van der Waals surface area contributed by atoms with Crippen molar-refractivity contribution in [1.29, 1.82) is 5.26 Å². The van der Waals surface area contributed by atoms with Crippen LogP contribution >= 0.6 is 0 Å². The molecule has 1 aliphatic carbocycles. The number of amides is 1. The number of carbonyl (C=O) groups excluding carboxylic acids is 1. The number of benzene rings is 1. The van der Waals surface area contributed by atoms with E-state index in [0.29, 0.717) is 18.5 Å². The molecule has 1 amide bonds. The summed E-state index contributed by atoms with van der Waals surface area (Å²) in [6.45, 7) is 6.13. The van der Waals surface area contributed by atoms with Gasteiger partial charge in [0.05, 0.1) is 23.6 Å². The minimum absolute atomic E-state index is 0.0617. The van der Waals surface area contributed by atoms with Gasteiger partial charge < -0.3 is 14.5 Å². The van der Waals surface area contributed by atoms with Crippen LogP contribution in [0.25, 0.3) is 0 Å². The Hall–Kier alpha value is -3.58. The molecular weight excluding hydrogens is 483 g/mol. The van der Waals surface area contributed by atoms with Gasteiger partial charge in [0.2, 0.25) is 0 Å². The monoisotopic (exact) mass is 511 g/mol. The number of likely N-dealkylation sites (tertiary alicyclic amines) is 1. The van der Waals surface area contributed by atoms with E-state index in [-0.39, 0.29) is 23.5 Å². The highest BCUT2D eigenvalue weighted by atomic mass is 19.4. The lowest BCUT2D eigenvalue weighted by Crippen LogP contribution is -2.54. The number of halogens is 3. The third-order valence-corrected chi connectivity index (χ3v) is 7.57. The average molecular weight is 512 g/mol. The fourth-order valence-corrected chi connectivity index (χ4v) is 5.45. The van der Waals surface area contributed by atoms with Crippen LogP contribution in [0.5, 0.6) is 5.75 Å². The van der Waals surface area contributed by atoms with Gasteiger partial charge in [-0.1, -0.05) is 6.58 Å². The van der Waals surface area contributed by atoms with Gasteiger partial charge in [-0.15, -0.1) is 0 Å². The number of hydrogen-bond donors (Lipinski definition) is 0. The number of alkyl halides is 3. The molecule has 37 heavy (non-hydrogen) atoms. The number of pyridine rings is 1. The quantitative estimate of drug-likeness (QED) is 0.570. The molecule has 2 aromatic rings. The summed E-state index contributed by atoms with van der Waals surface area (Å²) in [5, 5.41) is 9.08. The van der Waals surface area contributed by atoms with Gasteiger partial charge in [-0.3, -0.25) is 9.69 Å². The molecule has 1 atom stereocenters. The highest BCUT2D eigenvalue weighted by molar-refractivity contribution is 6.10. The molecule has 1 aromatic carbocycles. The van der Waals surface area contributed by atoms with Crippen molar-refractivity contribution in [3.8, 4) is 11.8 Å². The number of rotatable bonds is 4. The number of anilines is 2. The van der Waals surface area contributed by atoms with Crippen LogP contribution in [0.3, 0.4) is 0 Å². The molecular formula is C27H28F3N5O2. The Morgan fingerprint density at radius 3 is 2.49 bits per heavy atom. The number of aromatic nitrogens is 1. The number of carbonyl (C=O) groups is 1. The van der Waals surface area contributed by atoms with Crippen molar-refractivity contribution < 1.29 is 22.7 Å². The largest absolute Gasteiger partial charge is 0.490 e. The predicted octanol–water partition coefficient (Wildman–Crippen LogP) is 5.08. The Bertz CT molecular complexity index is 1250. The van der Waals surface area contributed by atoms with Crippen molar-refractivity contribution in [3.05, 3.63) is 60.2 Å². The SMILES string of the molecule is C=C1N(c2cnc(C#N)c(C(F)(F)F)c2)C(=O)C2(CCC2)N1c1ccc(OC2CCCN(C)CC2)cc1. The second-order valence-electron chi connectivity index (χ2n) is 9.94. The van der Waals surface area contributed by atoms with Gasteiger partial charge in [0.15, 0.2) is 5.69 Å². The van der Waals surface area contributed by atoms with Gasteiger partial charge >= 0.3 is 6.18 Å². The van der Waals surface area contributed by atoms with Crippen molar-refractivity contribution in [2.75, 3.05) is 29.9 Å². The normalized spacial score (nSPS) is 22.1. The average Bonchev–Trinajstić information content (AvgIpc) is 2.93. The lowest BCUT2D eigenvalue weighted by Gasteiger charge is -2.43. The van der Waals surface area contributed by atoms with E-state index < -0.39 is 23.0 Å². The zero-order valence-electron chi connectivity index (χ0n) is 20.6. The second kappa shape index (κ2) is 9.38. The van der Waals surface area contributed by atoms with Gasteiger partial charge in [0.1, 0.15) is 23.2 Å². The molecule has 2 aliphatic heterocycles. The molecule has 3 fully saturated rings. The Morgan fingerprint density at radius 2 is 1.86 bits per heavy atom. The van der Waals surface area contributed by atoms with Crippen LogP contribution in [0.15, 0.2) is 48.9 Å². The minimum Gasteiger partial charge on any atom is -0.490 e. The standard InChI is InChI=1S/C27H28F3N5O2/c1-18-34(20-15-23(27(28,29)30)24(16-31)32-17-20)25(36)26(11-4-12-26)35(18)19-6-8-22(9-7-19)37-21-5-3-13-33(2)14-10-21/h6-9,15,17,21H,1,3-5,10-14H2,2H3. The van der Waals surface area contributed by atoms with Gasteiger partial charge in [-0.05, 0) is 82.4 Å². The summed E-state index contributed by atoms with van der Waals surface area (Å²) in [5.41, 5.74) is -2.17. The van der Waals surface area contributed by atoms with Crippen LogP contribution < -0.4 is 14.5 Å². The molecule has 194 valence electrons. The summed E-state index contributed by atoms with van der Waals surface area (Å²) >= 11 is 0. The van der Waals surface area contributed by atoms with Crippen LogP contribution in [0.1, 0.15) is 49.8 Å². The molecule has 1 spiro atoms. The number of hydrogen-bond acceptors (Lipinski definition) is 6. The van der Waals surface area contributed by atoms with E-state index in [1.807, 2.05) is 29.2 Å². The topological polar surface area (TPSA) is 72.7 Å². The summed E-state index contributed by atoms with van der Waals surface area (Å²) in [5.74, 6) is 0.649. The summed E-state index contributed by atoms with van der Waals surface area (Å²) in [6, 6.07) is 9.72. The molecule has 1 saturated carbocycles. The molecule has 7 nitrogen and oxygen atoms in total. The summed E-state index contributed by atoms with van der Waals surface area (Å²) in [6.07, 6.45) is 1.43. The van der Waals surface area contributed by atoms with Gasteiger partial charge in [-0.25, -0.2) is 4.98 Å². The van der Waals surface area contributed by atoms with Crippen molar-refractivity contribution in [3.63, 3.8) is 0 Å². The van der Waals surface area contributed by atoms with E-state index in [1.165, 1.54) is 11.0 Å².